The summed E-state index contributed by atoms with van der Waals surface area (Å²) in [5.74, 6) is -0.883. The molecule has 0 aromatic carbocycles. The summed E-state index contributed by atoms with van der Waals surface area (Å²) < 4.78 is 0. The molecule has 174 valence electrons. The van der Waals surface area contributed by atoms with Gasteiger partial charge in [-0.3, -0.25) is 19.3 Å². The van der Waals surface area contributed by atoms with Crippen LogP contribution < -0.4 is 4.90 Å². The third-order valence-corrected chi connectivity index (χ3v) is 7.89. The minimum absolute atomic E-state index is 0.109. The number of piperazine rings is 1. The second kappa shape index (κ2) is 8.85. The van der Waals surface area contributed by atoms with Crippen LogP contribution in [0.1, 0.15) is 33.1 Å². The lowest BCUT2D eigenvalue weighted by Gasteiger charge is -2.38. The lowest BCUT2D eigenvalue weighted by Crippen LogP contribution is -2.56. The Morgan fingerprint density at radius 2 is 1.76 bits per heavy atom. The number of carbonyl (C=O) groups excluding carboxylic acids is 3. The fourth-order valence-corrected chi connectivity index (χ4v) is 6.08. The number of pyridine rings is 1. The van der Waals surface area contributed by atoms with E-state index in [1.54, 1.807) is 17.5 Å². The van der Waals surface area contributed by atoms with Crippen LogP contribution in [-0.2, 0) is 14.4 Å². The number of hydrogen-bond acceptors (Lipinski definition) is 7. The van der Waals surface area contributed by atoms with Gasteiger partial charge in [0.1, 0.15) is 16.4 Å². The van der Waals surface area contributed by atoms with Gasteiger partial charge in [-0.2, -0.15) is 0 Å². The lowest BCUT2D eigenvalue weighted by atomic mass is 9.85. The Labute approximate surface area is 197 Å². The normalized spacial score (nSPS) is 24.2. The van der Waals surface area contributed by atoms with E-state index >= 15 is 0 Å². The van der Waals surface area contributed by atoms with Gasteiger partial charge < -0.3 is 9.80 Å². The van der Waals surface area contributed by atoms with Crippen LogP contribution in [0, 0.1) is 17.8 Å². The average molecular weight is 468 g/mol. The molecule has 0 saturated carbocycles. The van der Waals surface area contributed by atoms with Crippen molar-refractivity contribution in [3.8, 4) is 0 Å². The molecule has 2 aliphatic heterocycles. The summed E-state index contributed by atoms with van der Waals surface area (Å²) in [6.07, 6.45) is 7.39. The van der Waals surface area contributed by atoms with Crippen molar-refractivity contribution in [3.63, 3.8) is 0 Å². The first-order valence-electron chi connectivity index (χ1n) is 11.7. The highest BCUT2D eigenvalue weighted by atomic mass is 32.1. The number of hydrogen-bond donors (Lipinski definition) is 0. The molecule has 33 heavy (non-hydrogen) atoms. The largest absolute Gasteiger partial charge is 0.344 e. The first kappa shape index (κ1) is 22.0. The molecule has 3 atom stereocenters. The maximum absolute atomic E-state index is 13.6. The Hall–Kier alpha value is -2.81. The molecule has 4 heterocycles. The van der Waals surface area contributed by atoms with Gasteiger partial charge >= 0.3 is 0 Å². The van der Waals surface area contributed by atoms with Crippen molar-refractivity contribution in [1.82, 2.24) is 19.8 Å². The number of likely N-dealkylation sites (tertiary alicyclic amines) is 1. The van der Waals surface area contributed by atoms with Crippen molar-refractivity contribution in [3.05, 3.63) is 30.5 Å². The van der Waals surface area contributed by atoms with Crippen molar-refractivity contribution in [2.24, 2.45) is 17.8 Å². The van der Waals surface area contributed by atoms with Crippen LogP contribution in [0.3, 0.4) is 0 Å². The molecular weight excluding hydrogens is 438 g/mol. The third-order valence-electron chi connectivity index (χ3n) is 6.85. The van der Waals surface area contributed by atoms with Crippen LogP contribution >= 0.6 is 11.3 Å². The number of amides is 3. The zero-order valence-electron chi connectivity index (χ0n) is 19.0. The predicted molar refractivity (Wildman–Crippen MR) is 127 cm³/mol. The number of fused-ring (bicyclic) bond motifs is 2. The fourth-order valence-electron chi connectivity index (χ4n) is 5.12. The number of allylic oxidation sites excluding steroid dienone is 2. The number of aromatic nitrogens is 2. The highest BCUT2D eigenvalue weighted by Gasteiger charge is 2.51. The van der Waals surface area contributed by atoms with E-state index in [-0.39, 0.29) is 35.5 Å². The van der Waals surface area contributed by atoms with E-state index in [2.05, 4.69) is 14.9 Å². The number of nitrogens with zero attached hydrogens (tertiary/aromatic N) is 5. The molecule has 3 amide bonds. The van der Waals surface area contributed by atoms with E-state index in [9.17, 15) is 14.4 Å². The van der Waals surface area contributed by atoms with Crippen LogP contribution in [0.2, 0.25) is 0 Å². The standard InChI is InChI=1S/C24H29N5O3S/c1-15(2)14-19(29-21(30)16-6-3-4-7-17(16)22(29)31)23(32)27-10-12-28(13-11-27)24-26-18-8-5-9-25-20(18)33-24/h3-5,8-9,15-17,19H,6-7,10-14H2,1-2H3. The zero-order chi connectivity index (χ0) is 23.1. The molecule has 3 unspecified atom stereocenters. The molecule has 2 aromatic heterocycles. The van der Waals surface area contributed by atoms with Crippen LogP contribution in [0.4, 0.5) is 5.13 Å². The molecule has 3 aliphatic rings. The Kier molecular flexibility index (Phi) is 5.90. The van der Waals surface area contributed by atoms with Crippen molar-refractivity contribution in [2.45, 2.75) is 39.2 Å². The Balaban J connectivity index is 1.30. The van der Waals surface area contributed by atoms with Gasteiger partial charge in [-0.1, -0.05) is 37.3 Å². The molecule has 1 aliphatic carbocycles. The number of rotatable bonds is 5. The third kappa shape index (κ3) is 4.03. The van der Waals surface area contributed by atoms with Crippen LogP contribution in [0.5, 0.6) is 0 Å². The first-order valence-corrected chi connectivity index (χ1v) is 12.5. The van der Waals surface area contributed by atoms with Gasteiger partial charge in [-0.25, -0.2) is 9.97 Å². The highest BCUT2D eigenvalue weighted by Crippen LogP contribution is 2.37. The summed E-state index contributed by atoms with van der Waals surface area (Å²) in [5.41, 5.74) is 0.884. The summed E-state index contributed by atoms with van der Waals surface area (Å²) in [4.78, 5) is 55.2. The summed E-state index contributed by atoms with van der Waals surface area (Å²) in [7, 11) is 0. The van der Waals surface area contributed by atoms with Crippen molar-refractivity contribution < 1.29 is 14.4 Å². The van der Waals surface area contributed by atoms with Crippen LogP contribution in [0.15, 0.2) is 30.5 Å². The van der Waals surface area contributed by atoms with Crippen molar-refractivity contribution in [1.29, 1.82) is 0 Å². The Morgan fingerprint density at radius 3 is 2.36 bits per heavy atom. The molecule has 8 nitrogen and oxygen atoms in total. The van der Waals surface area contributed by atoms with Gasteiger partial charge in [-0.05, 0) is 37.3 Å². The molecule has 0 N–H and O–H groups in total. The van der Waals surface area contributed by atoms with Gasteiger partial charge in [0.2, 0.25) is 17.7 Å². The smallest absolute Gasteiger partial charge is 0.246 e. The first-order chi connectivity index (χ1) is 15.9. The molecule has 2 aromatic rings. The lowest BCUT2D eigenvalue weighted by molar-refractivity contribution is -0.152. The van der Waals surface area contributed by atoms with E-state index < -0.39 is 6.04 Å². The summed E-state index contributed by atoms with van der Waals surface area (Å²) in [5, 5.41) is 0.913. The van der Waals surface area contributed by atoms with E-state index in [1.807, 2.05) is 43.0 Å². The van der Waals surface area contributed by atoms with Crippen molar-refractivity contribution in [2.75, 3.05) is 31.1 Å². The van der Waals surface area contributed by atoms with Gasteiger partial charge in [-0.15, -0.1) is 0 Å². The van der Waals surface area contributed by atoms with Crippen molar-refractivity contribution >= 4 is 44.5 Å². The molecule has 2 saturated heterocycles. The van der Waals surface area contributed by atoms with Gasteiger partial charge in [0, 0.05) is 32.4 Å². The fraction of sp³-hybridized carbons (Fsp3) is 0.542. The average Bonchev–Trinajstić information content (AvgIpc) is 3.37. The van der Waals surface area contributed by atoms with Crippen LogP contribution in [0.25, 0.3) is 10.3 Å². The summed E-state index contributed by atoms with van der Waals surface area (Å²) in [6.45, 7) is 6.47. The number of anilines is 1. The van der Waals surface area contributed by atoms with E-state index in [1.165, 1.54) is 4.90 Å². The maximum atomic E-state index is 13.6. The molecule has 0 radical (unpaired) electrons. The molecule has 0 bridgehead atoms. The van der Waals surface area contributed by atoms with E-state index in [0.717, 1.165) is 15.5 Å². The SMILES string of the molecule is CC(C)CC(C(=O)N1CCN(c2nc3cccnc3s2)CC1)N1C(=O)C2CC=CCC2C1=O. The topological polar surface area (TPSA) is 86.7 Å². The Morgan fingerprint density at radius 1 is 1.09 bits per heavy atom. The molecule has 0 spiro atoms. The quantitative estimate of drug-likeness (QED) is 0.496. The van der Waals surface area contributed by atoms with E-state index in [4.69, 9.17) is 0 Å². The van der Waals surface area contributed by atoms with E-state index in [0.29, 0.717) is 45.4 Å². The number of imide groups is 1. The second-order valence-corrected chi connectivity index (χ2v) is 10.4. The molecule has 5 rings (SSSR count). The zero-order valence-corrected chi connectivity index (χ0v) is 19.8. The second-order valence-electron chi connectivity index (χ2n) is 9.48. The van der Waals surface area contributed by atoms with Gasteiger partial charge in [0.05, 0.1) is 11.8 Å². The molecular formula is C24H29N5O3S. The number of carbonyl (C=O) groups is 3. The summed E-state index contributed by atoms with van der Waals surface area (Å²) in [6, 6.07) is 3.12. The minimum Gasteiger partial charge on any atom is -0.344 e. The predicted octanol–water partition coefficient (Wildman–Crippen LogP) is 2.71. The van der Waals surface area contributed by atoms with Gasteiger partial charge in [0.15, 0.2) is 5.13 Å². The maximum Gasteiger partial charge on any atom is 0.246 e. The summed E-state index contributed by atoms with van der Waals surface area (Å²) >= 11 is 1.56. The monoisotopic (exact) mass is 467 g/mol. The minimum atomic E-state index is -0.714. The highest BCUT2D eigenvalue weighted by molar-refractivity contribution is 7.21. The molecule has 2 fully saturated rings. The van der Waals surface area contributed by atoms with Gasteiger partial charge in [0.25, 0.3) is 0 Å². The molecule has 9 heteroatoms. The Bertz CT molecular complexity index is 1050. The van der Waals surface area contributed by atoms with Crippen LogP contribution in [-0.4, -0.2) is 69.7 Å². The number of thiazole rings is 1.